The Kier molecular flexibility index (Phi) is 4.58. The Bertz CT molecular complexity index is 676. The molecular formula is C16H20N4O2S. The van der Waals surface area contributed by atoms with Gasteiger partial charge in [-0.3, -0.25) is 4.79 Å². The second-order valence-electron chi connectivity index (χ2n) is 5.90. The SMILES string of the molecule is Cc1nc(CC(=O)NCC2(O)CCN(c3ccccn3)C2)cs1. The van der Waals surface area contributed by atoms with Gasteiger partial charge in [-0.1, -0.05) is 6.07 Å². The van der Waals surface area contributed by atoms with E-state index in [0.29, 0.717) is 13.0 Å². The number of aryl methyl sites for hydroxylation is 1. The van der Waals surface area contributed by atoms with Gasteiger partial charge >= 0.3 is 0 Å². The average Bonchev–Trinajstić information content (AvgIpc) is 3.13. The minimum Gasteiger partial charge on any atom is -0.386 e. The summed E-state index contributed by atoms with van der Waals surface area (Å²) in [5.74, 6) is 0.743. The molecule has 1 unspecified atom stereocenters. The van der Waals surface area contributed by atoms with Crippen LogP contribution >= 0.6 is 11.3 Å². The van der Waals surface area contributed by atoms with E-state index >= 15 is 0 Å². The molecule has 0 saturated carbocycles. The maximum absolute atomic E-state index is 12.0. The molecule has 122 valence electrons. The smallest absolute Gasteiger partial charge is 0.226 e. The highest BCUT2D eigenvalue weighted by Gasteiger charge is 2.36. The zero-order chi connectivity index (χ0) is 16.3. The van der Waals surface area contributed by atoms with Crippen LogP contribution in [0.5, 0.6) is 0 Å². The number of amides is 1. The van der Waals surface area contributed by atoms with Crippen LogP contribution in [0.1, 0.15) is 17.1 Å². The lowest BCUT2D eigenvalue weighted by Gasteiger charge is -2.24. The number of nitrogens with one attached hydrogen (secondary N) is 1. The van der Waals surface area contributed by atoms with Crippen molar-refractivity contribution in [1.82, 2.24) is 15.3 Å². The number of aromatic nitrogens is 2. The molecule has 1 aliphatic rings. The lowest BCUT2D eigenvalue weighted by atomic mass is 10.0. The quantitative estimate of drug-likeness (QED) is 0.859. The third-order valence-corrected chi connectivity index (χ3v) is 4.75. The normalized spacial score (nSPS) is 20.7. The summed E-state index contributed by atoms with van der Waals surface area (Å²) in [5, 5.41) is 16.3. The molecule has 0 radical (unpaired) electrons. The summed E-state index contributed by atoms with van der Waals surface area (Å²) in [4.78, 5) is 22.6. The largest absolute Gasteiger partial charge is 0.386 e. The molecule has 6 nitrogen and oxygen atoms in total. The van der Waals surface area contributed by atoms with E-state index in [-0.39, 0.29) is 18.9 Å². The molecule has 1 atom stereocenters. The fourth-order valence-corrected chi connectivity index (χ4v) is 3.33. The first kappa shape index (κ1) is 15.9. The summed E-state index contributed by atoms with van der Waals surface area (Å²) in [6.07, 6.45) is 2.61. The Morgan fingerprint density at radius 2 is 2.39 bits per heavy atom. The van der Waals surface area contributed by atoms with Crippen LogP contribution in [-0.4, -0.2) is 46.2 Å². The van der Waals surface area contributed by atoms with Crippen molar-refractivity contribution in [2.45, 2.75) is 25.4 Å². The van der Waals surface area contributed by atoms with Crippen molar-refractivity contribution in [3.05, 3.63) is 40.5 Å². The van der Waals surface area contributed by atoms with E-state index in [4.69, 9.17) is 0 Å². The molecule has 1 amide bonds. The van der Waals surface area contributed by atoms with Crippen molar-refractivity contribution in [2.75, 3.05) is 24.5 Å². The molecule has 1 fully saturated rings. The zero-order valence-electron chi connectivity index (χ0n) is 13.0. The van der Waals surface area contributed by atoms with E-state index in [1.807, 2.05) is 35.4 Å². The number of carbonyl (C=O) groups is 1. The number of β-amino-alcohol motifs (C(OH)–C–C–N with tert-alkyl or cyclic N) is 1. The highest BCUT2D eigenvalue weighted by atomic mass is 32.1. The van der Waals surface area contributed by atoms with Crippen molar-refractivity contribution in [1.29, 1.82) is 0 Å². The number of nitrogens with zero attached hydrogens (tertiary/aromatic N) is 3. The molecule has 0 spiro atoms. The van der Waals surface area contributed by atoms with E-state index in [1.165, 1.54) is 11.3 Å². The maximum Gasteiger partial charge on any atom is 0.226 e. The minimum absolute atomic E-state index is 0.111. The Morgan fingerprint density at radius 1 is 1.52 bits per heavy atom. The topological polar surface area (TPSA) is 78.3 Å². The highest BCUT2D eigenvalue weighted by molar-refractivity contribution is 7.09. The molecular weight excluding hydrogens is 312 g/mol. The van der Waals surface area contributed by atoms with Crippen LogP contribution in [0.3, 0.4) is 0 Å². The van der Waals surface area contributed by atoms with Crippen molar-refractivity contribution in [3.8, 4) is 0 Å². The van der Waals surface area contributed by atoms with Crippen molar-refractivity contribution < 1.29 is 9.90 Å². The molecule has 7 heteroatoms. The molecule has 2 aromatic heterocycles. The molecule has 0 bridgehead atoms. The van der Waals surface area contributed by atoms with Gasteiger partial charge in [0.25, 0.3) is 0 Å². The number of hydrogen-bond acceptors (Lipinski definition) is 6. The minimum atomic E-state index is -0.912. The van der Waals surface area contributed by atoms with Gasteiger partial charge in [0, 0.05) is 31.2 Å². The van der Waals surface area contributed by atoms with Crippen LogP contribution in [-0.2, 0) is 11.2 Å². The first-order valence-corrected chi connectivity index (χ1v) is 8.48. The van der Waals surface area contributed by atoms with Crippen LogP contribution in [0.2, 0.25) is 0 Å². The number of aliphatic hydroxyl groups is 1. The third-order valence-electron chi connectivity index (χ3n) is 3.93. The molecule has 0 aromatic carbocycles. The maximum atomic E-state index is 12.0. The fourth-order valence-electron chi connectivity index (χ4n) is 2.72. The Balaban J connectivity index is 1.51. The van der Waals surface area contributed by atoms with Crippen LogP contribution in [0.15, 0.2) is 29.8 Å². The summed E-state index contributed by atoms with van der Waals surface area (Å²) in [7, 11) is 0. The molecule has 1 saturated heterocycles. The van der Waals surface area contributed by atoms with E-state index in [0.717, 1.165) is 23.1 Å². The molecule has 0 aliphatic carbocycles. The number of pyridine rings is 1. The first-order chi connectivity index (χ1) is 11.0. The van der Waals surface area contributed by atoms with E-state index in [9.17, 15) is 9.90 Å². The third kappa shape index (κ3) is 4.05. The second kappa shape index (κ2) is 6.64. The van der Waals surface area contributed by atoms with Gasteiger partial charge in [0.1, 0.15) is 11.4 Å². The first-order valence-electron chi connectivity index (χ1n) is 7.60. The molecule has 3 rings (SSSR count). The van der Waals surface area contributed by atoms with Crippen LogP contribution in [0.25, 0.3) is 0 Å². The number of thiazole rings is 1. The Labute approximate surface area is 139 Å². The molecule has 2 N–H and O–H groups in total. The fraction of sp³-hybridized carbons (Fsp3) is 0.438. The summed E-state index contributed by atoms with van der Waals surface area (Å²) >= 11 is 1.53. The van der Waals surface area contributed by atoms with Gasteiger partial charge in [-0.05, 0) is 25.5 Å². The predicted octanol–water partition coefficient (Wildman–Crippen LogP) is 1.15. The van der Waals surface area contributed by atoms with Gasteiger partial charge in [-0.25, -0.2) is 9.97 Å². The monoisotopic (exact) mass is 332 g/mol. The van der Waals surface area contributed by atoms with Crippen molar-refractivity contribution in [3.63, 3.8) is 0 Å². The van der Waals surface area contributed by atoms with Gasteiger partial charge in [-0.2, -0.15) is 0 Å². The molecule has 3 heterocycles. The summed E-state index contributed by atoms with van der Waals surface area (Å²) in [6, 6.07) is 5.72. The van der Waals surface area contributed by atoms with Crippen molar-refractivity contribution >= 4 is 23.1 Å². The summed E-state index contributed by atoms with van der Waals surface area (Å²) in [6.45, 7) is 3.37. The van der Waals surface area contributed by atoms with Crippen LogP contribution in [0.4, 0.5) is 5.82 Å². The zero-order valence-corrected chi connectivity index (χ0v) is 13.8. The lowest BCUT2D eigenvalue weighted by Crippen LogP contribution is -2.45. The van der Waals surface area contributed by atoms with Crippen LogP contribution in [0, 0.1) is 6.92 Å². The second-order valence-corrected chi connectivity index (χ2v) is 6.96. The molecule has 2 aromatic rings. The standard InChI is InChI=1S/C16H20N4O2S/c1-12-19-13(9-23-12)8-15(21)18-10-16(22)5-7-20(11-16)14-4-2-3-6-17-14/h2-4,6,9,22H,5,7-8,10-11H2,1H3,(H,18,21). The van der Waals surface area contributed by atoms with Gasteiger partial charge in [-0.15, -0.1) is 11.3 Å². The van der Waals surface area contributed by atoms with Gasteiger partial charge in [0.05, 0.1) is 17.1 Å². The van der Waals surface area contributed by atoms with Crippen molar-refractivity contribution in [2.24, 2.45) is 0 Å². The average molecular weight is 332 g/mol. The van der Waals surface area contributed by atoms with Gasteiger partial charge in [0.2, 0.25) is 5.91 Å². The van der Waals surface area contributed by atoms with E-state index in [1.54, 1.807) is 6.20 Å². The van der Waals surface area contributed by atoms with E-state index in [2.05, 4.69) is 15.3 Å². The molecule has 1 aliphatic heterocycles. The number of carbonyl (C=O) groups excluding carboxylic acids is 1. The summed E-state index contributed by atoms with van der Waals surface area (Å²) < 4.78 is 0. The highest BCUT2D eigenvalue weighted by Crippen LogP contribution is 2.24. The predicted molar refractivity (Wildman–Crippen MR) is 89.6 cm³/mol. The number of hydrogen-bond donors (Lipinski definition) is 2. The Morgan fingerprint density at radius 3 is 3.09 bits per heavy atom. The Hall–Kier alpha value is -1.99. The lowest BCUT2D eigenvalue weighted by molar-refractivity contribution is -0.121. The van der Waals surface area contributed by atoms with Crippen LogP contribution < -0.4 is 10.2 Å². The number of anilines is 1. The van der Waals surface area contributed by atoms with Gasteiger partial charge in [0.15, 0.2) is 0 Å². The van der Waals surface area contributed by atoms with E-state index < -0.39 is 5.60 Å². The molecule has 23 heavy (non-hydrogen) atoms. The number of rotatable bonds is 5. The van der Waals surface area contributed by atoms with Gasteiger partial charge < -0.3 is 15.3 Å². The summed E-state index contributed by atoms with van der Waals surface area (Å²) in [5.41, 5.74) is -0.135.